The molecule has 0 fully saturated rings. The van der Waals surface area contributed by atoms with Crippen molar-refractivity contribution in [3.8, 4) is 11.5 Å². The molecule has 2 aromatic rings. The second kappa shape index (κ2) is 7.59. The lowest BCUT2D eigenvalue weighted by Crippen LogP contribution is -2.01. The van der Waals surface area contributed by atoms with Crippen LogP contribution in [0.4, 0.5) is 0 Å². The molecular weight excluding hydrogens is 398 g/mol. The van der Waals surface area contributed by atoms with E-state index in [-0.39, 0.29) is 5.88 Å². The zero-order valence-electron chi connectivity index (χ0n) is 11.1. The van der Waals surface area contributed by atoms with Crippen LogP contribution in [0.2, 0.25) is 10.0 Å². The fourth-order valence-electron chi connectivity index (χ4n) is 1.83. The first-order chi connectivity index (χ1) is 10.0. The summed E-state index contributed by atoms with van der Waals surface area (Å²) in [5, 5.41) is 1.18. The van der Waals surface area contributed by atoms with Crippen molar-refractivity contribution in [3.05, 3.63) is 56.0 Å². The van der Waals surface area contributed by atoms with Crippen molar-refractivity contribution in [2.45, 2.75) is 12.5 Å². The number of ether oxygens (including phenoxy) is 2. The Hall–Kier alpha value is -0.610. The van der Waals surface area contributed by atoms with Crippen LogP contribution in [0.15, 0.2) is 34.8 Å². The molecule has 0 heterocycles. The first-order valence-electron chi connectivity index (χ1n) is 6.04. The average molecular weight is 411 g/mol. The van der Waals surface area contributed by atoms with Gasteiger partial charge in [-0.1, -0.05) is 45.2 Å². The maximum Gasteiger partial charge on any atom is 0.166 e. The maximum absolute atomic E-state index is 6.18. The average Bonchev–Trinajstić information content (AvgIpc) is 2.46. The molecular formula is C15H12BrCl3O2. The molecule has 0 saturated heterocycles. The number of hydrogen-bond donors (Lipinski definition) is 0. The van der Waals surface area contributed by atoms with E-state index in [0.717, 1.165) is 15.6 Å². The molecule has 0 atom stereocenters. The molecule has 0 radical (unpaired) electrons. The van der Waals surface area contributed by atoms with Crippen LogP contribution in [-0.2, 0) is 12.5 Å². The standard InChI is InChI=1S/C15H12BrCl3O2/c1-20-14-6-12(18)4-10(7-17)15(14)21-8-9-2-3-11(16)5-13(9)19/h2-6H,7-8H2,1H3. The number of halogens is 4. The molecule has 2 nitrogen and oxygen atoms in total. The van der Waals surface area contributed by atoms with Gasteiger partial charge < -0.3 is 9.47 Å². The highest BCUT2D eigenvalue weighted by Crippen LogP contribution is 2.36. The van der Waals surface area contributed by atoms with Gasteiger partial charge in [-0.2, -0.15) is 0 Å². The lowest BCUT2D eigenvalue weighted by molar-refractivity contribution is 0.282. The smallest absolute Gasteiger partial charge is 0.166 e. The predicted molar refractivity (Wildman–Crippen MR) is 91.0 cm³/mol. The molecule has 0 aliphatic carbocycles. The van der Waals surface area contributed by atoms with E-state index < -0.39 is 0 Å². The van der Waals surface area contributed by atoms with Crippen LogP contribution in [-0.4, -0.2) is 7.11 Å². The van der Waals surface area contributed by atoms with Crippen molar-refractivity contribution in [1.82, 2.24) is 0 Å². The summed E-state index contributed by atoms with van der Waals surface area (Å²) in [4.78, 5) is 0. The fraction of sp³-hybridized carbons (Fsp3) is 0.200. The Labute approximate surface area is 147 Å². The van der Waals surface area contributed by atoms with E-state index in [1.54, 1.807) is 19.2 Å². The summed E-state index contributed by atoms with van der Waals surface area (Å²) in [6.07, 6.45) is 0. The summed E-state index contributed by atoms with van der Waals surface area (Å²) >= 11 is 21.5. The van der Waals surface area contributed by atoms with Crippen molar-refractivity contribution in [3.63, 3.8) is 0 Å². The molecule has 0 N–H and O–H groups in total. The minimum absolute atomic E-state index is 0.278. The first kappa shape index (κ1) is 16.8. The Balaban J connectivity index is 2.26. The maximum atomic E-state index is 6.18. The summed E-state index contributed by atoms with van der Waals surface area (Å²) in [6, 6.07) is 9.08. The van der Waals surface area contributed by atoms with E-state index >= 15 is 0 Å². The number of benzene rings is 2. The molecule has 112 valence electrons. The van der Waals surface area contributed by atoms with Gasteiger partial charge >= 0.3 is 0 Å². The van der Waals surface area contributed by atoms with Crippen LogP contribution < -0.4 is 9.47 Å². The second-order valence-electron chi connectivity index (χ2n) is 4.25. The van der Waals surface area contributed by atoms with Crippen molar-refractivity contribution in [2.24, 2.45) is 0 Å². The van der Waals surface area contributed by atoms with Crippen LogP contribution >= 0.6 is 50.7 Å². The van der Waals surface area contributed by atoms with Crippen molar-refractivity contribution < 1.29 is 9.47 Å². The van der Waals surface area contributed by atoms with Crippen molar-refractivity contribution >= 4 is 50.7 Å². The van der Waals surface area contributed by atoms with Gasteiger partial charge in [0.05, 0.1) is 13.0 Å². The van der Waals surface area contributed by atoms with Crippen LogP contribution in [0.3, 0.4) is 0 Å². The van der Waals surface area contributed by atoms with Gasteiger partial charge in [0.15, 0.2) is 11.5 Å². The van der Waals surface area contributed by atoms with Crippen LogP contribution in [0.25, 0.3) is 0 Å². The molecule has 0 unspecified atom stereocenters. The molecule has 6 heteroatoms. The van der Waals surface area contributed by atoms with Crippen LogP contribution in [0.1, 0.15) is 11.1 Å². The van der Waals surface area contributed by atoms with E-state index in [9.17, 15) is 0 Å². The summed E-state index contributed by atoms with van der Waals surface area (Å²) in [7, 11) is 1.56. The van der Waals surface area contributed by atoms with Crippen molar-refractivity contribution in [2.75, 3.05) is 7.11 Å². The number of rotatable bonds is 5. The lowest BCUT2D eigenvalue weighted by Gasteiger charge is -2.15. The van der Waals surface area contributed by atoms with Crippen LogP contribution in [0.5, 0.6) is 11.5 Å². The highest BCUT2D eigenvalue weighted by atomic mass is 79.9. The summed E-state index contributed by atoms with van der Waals surface area (Å²) in [5.41, 5.74) is 1.65. The van der Waals surface area contributed by atoms with Gasteiger partial charge in [0, 0.05) is 31.7 Å². The quantitative estimate of drug-likeness (QED) is 0.556. The van der Waals surface area contributed by atoms with E-state index in [2.05, 4.69) is 15.9 Å². The minimum Gasteiger partial charge on any atom is -0.493 e. The Morgan fingerprint density at radius 3 is 2.48 bits per heavy atom. The van der Waals surface area contributed by atoms with E-state index in [1.165, 1.54) is 0 Å². The normalized spacial score (nSPS) is 10.5. The van der Waals surface area contributed by atoms with Gasteiger partial charge in [-0.15, -0.1) is 11.6 Å². The summed E-state index contributed by atoms with van der Waals surface area (Å²) in [6.45, 7) is 0.313. The van der Waals surface area contributed by atoms with Crippen molar-refractivity contribution in [1.29, 1.82) is 0 Å². The molecule has 0 amide bonds. The third-order valence-corrected chi connectivity index (χ3v) is 4.20. The third kappa shape index (κ3) is 4.19. The van der Waals surface area contributed by atoms with Gasteiger partial charge in [-0.05, 0) is 18.2 Å². The number of hydrogen-bond acceptors (Lipinski definition) is 2. The SMILES string of the molecule is COc1cc(Cl)cc(CCl)c1OCc1ccc(Br)cc1Cl. The Kier molecular flexibility index (Phi) is 6.06. The number of methoxy groups -OCH3 is 1. The van der Waals surface area contributed by atoms with Gasteiger partial charge in [-0.3, -0.25) is 0 Å². The molecule has 0 spiro atoms. The number of alkyl halides is 1. The van der Waals surface area contributed by atoms with E-state index in [4.69, 9.17) is 44.3 Å². The van der Waals surface area contributed by atoms with Gasteiger partial charge in [-0.25, -0.2) is 0 Å². The summed E-state index contributed by atoms with van der Waals surface area (Å²) in [5.74, 6) is 1.41. The van der Waals surface area contributed by atoms with Gasteiger partial charge in [0.25, 0.3) is 0 Å². The summed E-state index contributed by atoms with van der Waals surface area (Å²) < 4.78 is 12.1. The molecule has 0 aromatic heterocycles. The van der Waals surface area contributed by atoms with Gasteiger partial charge in [0.1, 0.15) is 6.61 Å². The monoisotopic (exact) mass is 408 g/mol. The molecule has 0 bridgehead atoms. The Morgan fingerprint density at radius 2 is 1.86 bits per heavy atom. The van der Waals surface area contributed by atoms with Gasteiger partial charge in [0.2, 0.25) is 0 Å². The third-order valence-electron chi connectivity index (χ3n) is 2.85. The minimum atomic E-state index is 0.278. The first-order valence-corrected chi connectivity index (χ1v) is 8.12. The predicted octanol–water partition coefficient (Wildman–Crippen LogP) is 6.08. The zero-order valence-corrected chi connectivity index (χ0v) is 15.0. The van der Waals surface area contributed by atoms with Crippen LogP contribution in [0, 0.1) is 0 Å². The largest absolute Gasteiger partial charge is 0.493 e. The molecule has 0 aliphatic rings. The Morgan fingerprint density at radius 1 is 1.10 bits per heavy atom. The second-order valence-corrected chi connectivity index (χ2v) is 6.28. The lowest BCUT2D eigenvalue weighted by atomic mass is 10.2. The topological polar surface area (TPSA) is 18.5 Å². The molecule has 0 saturated carbocycles. The highest BCUT2D eigenvalue weighted by molar-refractivity contribution is 9.10. The molecule has 21 heavy (non-hydrogen) atoms. The Bertz CT molecular complexity index is 622. The molecule has 0 aliphatic heterocycles. The highest BCUT2D eigenvalue weighted by Gasteiger charge is 2.13. The fourth-order valence-corrected chi connectivity index (χ4v) is 2.98. The van der Waals surface area contributed by atoms with E-state index in [1.807, 2.05) is 18.2 Å². The van der Waals surface area contributed by atoms with E-state index in [0.29, 0.717) is 28.2 Å². The molecule has 2 rings (SSSR count). The molecule has 2 aromatic carbocycles. The zero-order chi connectivity index (χ0) is 15.4.